The highest BCUT2D eigenvalue weighted by molar-refractivity contribution is 5.94. The Bertz CT molecular complexity index is 941. The molecular formula is C20H27F3N6O. The first-order valence-corrected chi connectivity index (χ1v) is 9.61. The Morgan fingerprint density at radius 3 is 2.53 bits per heavy atom. The third-order valence-corrected chi connectivity index (χ3v) is 4.59. The van der Waals surface area contributed by atoms with Gasteiger partial charge in [-0.1, -0.05) is 0 Å². The molecule has 0 spiro atoms. The first kappa shape index (κ1) is 23.2. The number of benzene rings is 1. The van der Waals surface area contributed by atoms with Gasteiger partial charge in [0.05, 0.1) is 11.4 Å². The van der Waals surface area contributed by atoms with E-state index in [0.29, 0.717) is 18.9 Å². The van der Waals surface area contributed by atoms with E-state index in [0.717, 1.165) is 29.1 Å². The standard InChI is InChI=1S/C20H27F3N6O/c1-6-24-20(26-11(2)9-14-12(3)28-29(5)13(14)4)25-10-17(30)27-16-8-7-15(21)18(22)19(16)23/h7-8,11H,6,9-10H2,1-5H3,(H,27,30)(H2,24,25,26). The molecule has 0 aliphatic carbocycles. The maximum atomic E-state index is 13.7. The van der Waals surface area contributed by atoms with Crippen molar-refractivity contribution >= 4 is 17.6 Å². The molecule has 2 aromatic rings. The van der Waals surface area contributed by atoms with E-state index in [2.05, 4.69) is 26.0 Å². The maximum Gasteiger partial charge on any atom is 0.246 e. The number of nitrogens with zero attached hydrogens (tertiary/aromatic N) is 3. The van der Waals surface area contributed by atoms with Crippen molar-refractivity contribution in [1.82, 2.24) is 20.4 Å². The Labute approximate surface area is 173 Å². The lowest BCUT2D eigenvalue weighted by atomic mass is 10.1. The molecule has 0 saturated heterocycles. The molecule has 164 valence electrons. The van der Waals surface area contributed by atoms with Crippen LogP contribution in [0.5, 0.6) is 0 Å². The van der Waals surface area contributed by atoms with E-state index in [-0.39, 0.29) is 12.6 Å². The molecule has 1 aromatic heterocycles. The van der Waals surface area contributed by atoms with Crippen LogP contribution in [0.1, 0.15) is 30.8 Å². The number of aliphatic imine (C=N–C) groups is 1. The van der Waals surface area contributed by atoms with Gasteiger partial charge in [-0.25, -0.2) is 18.2 Å². The molecule has 0 fully saturated rings. The number of rotatable bonds is 7. The molecule has 2 rings (SSSR count). The monoisotopic (exact) mass is 424 g/mol. The molecule has 1 heterocycles. The fourth-order valence-corrected chi connectivity index (χ4v) is 2.99. The van der Waals surface area contributed by atoms with Crippen molar-refractivity contribution in [2.24, 2.45) is 12.0 Å². The van der Waals surface area contributed by atoms with E-state index < -0.39 is 29.0 Å². The average Bonchev–Trinajstić information content (AvgIpc) is 2.93. The lowest BCUT2D eigenvalue weighted by molar-refractivity contribution is -0.114. The lowest BCUT2D eigenvalue weighted by Crippen LogP contribution is -2.43. The number of carbonyl (C=O) groups excluding carboxylic acids is 1. The van der Waals surface area contributed by atoms with Crippen molar-refractivity contribution in [3.8, 4) is 0 Å². The fourth-order valence-electron chi connectivity index (χ4n) is 2.99. The van der Waals surface area contributed by atoms with Gasteiger partial charge in [0.2, 0.25) is 5.91 Å². The van der Waals surface area contributed by atoms with E-state index in [1.165, 1.54) is 0 Å². The SMILES string of the molecule is CCNC(=NCC(=O)Nc1ccc(F)c(F)c1F)NC(C)Cc1c(C)nn(C)c1C. The summed E-state index contributed by atoms with van der Waals surface area (Å²) < 4.78 is 41.8. The summed E-state index contributed by atoms with van der Waals surface area (Å²) in [4.78, 5) is 16.3. The molecule has 0 bridgehead atoms. The van der Waals surface area contributed by atoms with Gasteiger partial charge < -0.3 is 16.0 Å². The number of aromatic nitrogens is 2. The lowest BCUT2D eigenvalue weighted by Gasteiger charge is -2.18. The molecular weight excluding hydrogens is 397 g/mol. The number of carbonyl (C=O) groups is 1. The summed E-state index contributed by atoms with van der Waals surface area (Å²) >= 11 is 0. The molecule has 0 radical (unpaired) electrons. The minimum absolute atomic E-state index is 0.00361. The zero-order chi connectivity index (χ0) is 22.4. The van der Waals surface area contributed by atoms with Crippen molar-refractivity contribution in [1.29, 1.82) is 0 Å². The fraction of sp³-hybridized carbons (Fsp3) is 0.450. The second-order valence-corrected chi connectivity index (χ2v) is 6.99. The first-order valence-electron chi connectivity index (χ1n) is 9.61. The molecule has 0 saturated carbocycles. The predicted molar refractivity (Wildman–Crippen MR) is 110 cm³/mol. The molecule has 1 amide bonds. The van der Waals surface area contributed by atoms with Gasteiger partial charge in [0, 0.05) is 25.3 Å². The molecule has 30 heavy (non-hydrogen) atoms. The summed E-state index contributed by atoms with van der Waals surface area (Å²) in [6.45, 7) is 8.07. The number of hydrogen-bond donors (Lipinski definition) is 3. The highest BCUT2D eigenvalue weighted by Crippen LogP contribution is 2.19. The van der Waals surface area contributed by atoms with Crippen molar-refractivity contribution in [2.75, 3.05) is 18.4 Å². The Morgan fingerprint density at radius 1 is 1.23 bits per heavy atom. The summed E-state index contributed by atoms with van der Waals surface area (Å²) in [5.74, 6) is -4.67. The van der Waals surface area contributed by atoms with Crippen LogP contribution in [0.3, 0.4) is 0 Å². The van der Waals surface area contributed by atoms with Crippen LogP contribution in [0, 0.1) is 31.3 Å². The Balaban J connectivity index is 2.01. The number of guanidine groups is 1. The molecule has 10 heteroatoms. The summed E-state index contributed by atoms with van der Waals surface area (Å²) in [6, 6.07) is 1.70. The van der Waals surface area contributed by atoms with Crippen molar-refractivity contribution in [3.63, 3.8) is 0 Å². The van der Waals surface area contributed by atoms with Crippen LogP contribution in [0.2, 0.25) is 0 Å². The van der Waals surface area contributed by atoms with Crippen LogP contribution in [0.25, 0.3) is 0 Å². The van der Waals surface area contributed by atoms with Crippen LogP contribution in [-0.2, 0) is 18.3 Å². The quantitative estimate of drug-likeness (QED) is 0.363. The Hall–Kier alpha value is -3.04. The van der Waals surface area contributed by atoms with Crippen molar-refractivity contribution in [3.05, 3.63) is 46.5 Å². The van der Waals surface area contributed by atoms with Crippen molar-refractivity contribution < 1.29 is 18.0 Å². The van der Waals surface area contributed by atoms with E-state index in [1.54, 1.807) is 0 Å². The van der Waals surface area contributed by atoms with Crippen LogP contribution in [0.15, 0.2) is 17.1 Å². The maximum absolute atomic E-state index is 13.7. The second kappa shape index (κ2) is 10.1. The number of anilines is 1. The molecule has 0 aliphatic heterocycles. The average molecular weight is 424 g/mol. The first-order chi connectivity index (χ1) is 14.1. The molecule has 3 N–H and O–H groups in total. The molecule has 0 aliphatic rings. The predicted octanol–water partition coefficient (Wildman–Crippen LogP) is 2.58. The zero-order valence-corrected chi connectivity index (χ0v) is 17.7. The molecule has 7 nitrogen and oxygen atoms in total. The summed E-state index contributed by atoms with van der Waals surface area (Å²) in [5.41, 5.74) is 2.73. The Morgan fingerprint density at radius 2 is 1.93 bits per heavy atom. The van der Waals surface area contributed by atoms with Gasteiger partial charge in [0.25, 0.3) is 0 Å². The van der Waals surface area contributed by atoms with Crippen molar-refractivity contribution in [2.45, 2.75) is 40.2 Å². The molecule has 1 unspecified atom stereocenters. The summed E-state index contributed by atoms with van der Waals surface area (Å²) in [6.07, 6.45) is 0.711. The number of hydrogen-bond acceptors (Lipinski definition) is 3. The van der Waals surface area contributed by atoms with Crippen LogP contribution >= 0.6 is 0 Å². The third-order valence-electron chi connectivity index (χ3n) is 4.59. The van der Waals surface area contributed by atoms with Crippen LogP contribution < -0.4 is 16.0 Å². The van der Waals surface area contributed by atoms with Gasteiger partial charge >= 0.3 is 0 Å². The smallest absolute Gasteiger partial charge is 0.246 e. The largest absolute Gasteiger partial charge is 0.357 e. The van der Waals surface area contributed by atoms with Gasteiger partial charge in [-0.2, -0.15) is 5.10 Å². The van der Waals surface area contributed by atoms with Crippen LogP contribution in [0.4, 0.5) is 18.9 Å². The van der Waals surface area contributed by atoms with E-state index in [1.807, 2.05) is 39.4 Å². The van der Waals surface area contributed by atoms with Gasteiger partial charge in [-0.15, -0.1) is 0 Å². The second-order valence-electron chi connectivity index (χ2n) is 6.99. The van der Waals surface area contributed by atoms with Gasteiger partial charge in [-0.05, 0) is 51.8 Å². The molecule has 1 aromatic carbocycles. The summed E-state index contributed by atoms with van der Waals surface area (Å²) in [5, 5.41) is 12.8. The van der Waals surface area contributed by atoms with E-state index in [9.17, 15) is 18.0 Å². The topological polar surface area (TPSA) is 83.3 Å². The zero-order valence-electron chi connectivity index (χ0n) is 17.7. The van der Waals surface area contributed by atoms with E-state index >= 15 is 0 Å². The van der Waals surface area contributed by atoms with E-state index in [4.69, 9.17) is 0 Å². The number of aryl methyl sites for hydroxylation is 2. The third kappa shape index (κ3) is 5.74. The van der Waals surface area contributed by atoms with Gasteiger partial charge in [0.15, 0.2) is 23.4 Å². The minimum atomic E-state index is -1.64. The normalized spacial score (nSPS) is 12.6. The van der Waals surface area contributed by atoms with Crippen LogP contribution in [-0.4, -0.2) is 40.8 Å². The highest BCUT2D eigenvalue weighted by Gasteiger charge is 2.16. The minimum Gasteiger partial charge on any atom is -0.357 e. The van der Waals surface area contributed by atoms with Gasteiger partial charge in [-0.3, -0.25) is 9.48 Å². The van der Waals surface area contributed by atoms with Gasteiger partial charge in [0.1, 0.15) is 6.54 Å². The highest BCUT2D eigenvalue weighted by atomic mass is 19.2. The number of halogens is 3. The Kier molecular flexibility index (Phi) is 7.85. The summed E-state index contributed by atoms with van der Waals surface area (Å²) in [7, 11) is 1.89. The number of amides is 1. The number of nitrogens with one attached hydrogen (secondary N) is 3. The molecule has 1 atom stereocenters.